The molecule has 7 heteroatoms. The Morgan fingerprint density at radius 2 is 1.44 bits per heavy atom. The van der Waals surface area contributed by atoms with Crippen molar-refractivity contribution in [1.29, 1.82) is 0 Å². The summed E-state index contributed by atoms with van der Waals surface area (Å²) in [4.78, 5) is 28.7. The van der Waals surface area contributed by atoms with Gasteiger partial charge in [0.2, 0.25) is 0 Å². The number of aliphatic imine (C=N–C) groups is 1. The van der Waals surface area contributed by atoms with Gasteiger partial charge in [-0.15, -0.1) is 0 Å². The van der Waals surface area contributed by atoms with Gasteiger partial charge in [-0.3, -0.25) is 9.79 Å². The number of hydrogen-bond acceptors (Lipinski definition) is 5. The molecule has 0 spiro atoms. The lowest BCUT2D eigenvalue weighted by Crippen LogP contribution is -2.55. The molecule has 7 nitrogen and oxygen atoms in total. The highest BCUT2D eigenvalue weighted by atomic mass is 16.5. The summed E-state index contributed by atoms with van der Waals surface area (Å²) in [5.74, 6) is -0.931. The lowest BCUT2D eigenvalue weighted by molar-refractivity contribution is -0.154. The molecule has 0 saturated carbocycles. The van der Waals surface area contributed by atoms with E-state index in [-0.39, 0.29) is 24.8 Å². The number of hydrogen-bond donors (Lipinski definition) is 3. The maximum Gasteiger partial charge on any atom is 0.333 e. The van der Waals surface area contributed by atoms with Crippen molar-refractivity contribution in [2.24, 2.45) is 22.2 Å². The van der Waals surface area contributed by atoms with Crippen LogP contribution in [0.3, 0.4) is 0 Å². The number of ketones is 1. The first kappa shape index (κ1) is 25.4. The first-order chi connectivity index (χ1) is 12.9. The zero-order valence-corrected chi connectivity index (χ0v) is 17.3. The van der Waals surface area contributed by atoms with Crippen molar-refractivity contribution in [3.63, 3.8) is 0 Å². The largest absolute Gasteiger partial charge is 0.464 e. The number of carbonyl (C=O) groups excluding carboxylic acids is 2. The van der Waals surface area contributed by atoms with Crippen LogP contribution in [-0.2, 0) is 14.3 Å². The predicted octanol–water partition coefficient (Wildman–Crippen LogP) is 2.79. The number of nitrogens with zero attached hydrogens (tertiary/aromatic N) is 1. The van der Waals surface area contributed by atoms with Gasteiger partial charge in [-0.1, -0.05) is 58.3 Å². The third kappa shape index (κ3) is 11.6. The van der Waals surface area contributed by atoms with Crippen LogP contribution in [0.1, 0.15) is 90.9 Å². The van der Waals surface area contributed by atoms with Gasteiger partial charge in [-0.05, 0) is 26.2 Å². The maximum absolute atomic E-state index is 12.6. The van der Waals surface area contributed by atoms with Gasteiger partial charge in [-0.25, -0.2) is 4.79 Å². The van der Waals surface area contributed by atoms with E-state index in [1.807, 2.05) is 0 Å². The molecule has 6 N–H and O–H groups in total. The average molecular weight is 385 g/mol. The van der Waals surface area contributed by atoms with E-state index in [9.17, 15) is 9.59 Å². The second kappa shape index (κ2) is 15.4. The zero-order chi connectivity index (χ0) is 20.5. The number of esters is 1. The second-order valence-electron chi connectivity index (χ2n) is 7.10. The van der Waals surface area contributed by atoms with E-state index in [0.29, 0.717) is 19.4 Å². The van der Waals surface area contributed by atoms with Crippen molar-refractivity contribution in [2.45, 2.75) is 96.4 Å². The summed E-state index contributed by atoms with van der Waals surface area (Å²) in [6.45, 7) is 4.43. The molecule has 0 rings (SSSR count). The number of guanidine groups is 1. The molecule has 0 aromatic rings. The van der Waals surface area contributed by atoms with Gasteiger partial charge in [0.15, 0.2) is 17.3 Å². The van der Waals surface area contributed by atoms with Gasteiger partial charge in [0.1, 0.15) is 0 Å². The third-order valence-electron chi connectivity index (χ3n) is 4.67. The standard InChI is InChI=1S/C20H40N4O3/c1-3-5-6-7-8-9-10-11-12-14-17(25)20(23,18(26)27-4-2)15-13-16-24-19(21)22/h3-16,23H2,1-2H3,(H4,21,22,24)/t20-/m1/s1. The van der Waals surface area contributed by atoms with E-state index in [1.165, 1.54) is 38.5 Å². The number of rotatable bonds is 17. The van der Waals surface area contributed by atoms with Crippen molar-refractivity contribution in [1.82, 2.24) is 0 Å². The first-order valence-corrected chi connectivity index (χ1v) is 10.4. The fourth-order valence-corrected chi connectivity index (χ4v) is 3.00. The molecule has 27 heavy (non-hydrogen) atoms. The van der Waals surface area contributed by atoms with E-state index in [1.54, 1.807) is 6.92 Å². The van der Waals surface area contributed by atoms with Crippen molar-refractivity contribution < 1.29 is 14.3 Å². The van der Waals surface area contributed by atoms with Gasteiger partial charge < -0.3 is 21.9 Å². The summed E-state index contributed by atoms with van der Waals surface area (Å²) >= 11 is 0. The van der Waals surface area contributed by atoms with Gasteiger partial charge >= 0.3 is 5.97 Å². The van der Waals surface area contributed by atoms with Crippen LogP contribution in [-0.4, -0.2) is 36.4 Å². The Kier molecular flexibility index (Phi) is 14.5. The summed E-state index contributed by atoms with van der Waals surface area (Å²) in [5.41, 5.74) is 15.1. The summed E-state index contributed by atoms with van der Waals surface area (Å²) in [7, 11) is 0. The summed E-state index contributed by atoms with van der Waals surface area (Å²) in [6, 6.07) is 0. The molecule has 0 fully saturated rings. The summed E-state index contributed by atoms with van der Waals surface area (Å²) in [6.07, 6.45) is 11.4. The van der Waals surface area contributed by atoms with Crippen LogP contribution in [0.25, 0.3) is 0 Å². The van der Waals surface area contributed by atoms with Crippen LogP contribution in [0.4, 0.5) is 0 Å². The second-order valence-corrected chi connectivity index (χ2v) is 7.10. The molecule has 0 aromatic heterocycles. The van der Waals surface area contributed by atoms with Gasteiger partial charge in [-0.2, -0.15) is 0 Å². The van der Waals surface area contributed by atoms with Gasteiger partial charge in [0.05, 0.1) is 6.61 Å². The van der Waals surface area contributed by atoms with Gasteiger partial charge in [0.25, 0.3) is 0 Å². The van der Waals surface area contributed by atoms with E-state index < -0.39 is 11.5 Å². The lowest BCUT2D eigenvalue weighted by atomic mass is 9.86. The number of carbonyl (C=O) groups is 2. The number of unbranched alkanes of at least 4 members (excludes halogenated alkanes) is 8. The van der Waals surface area contributed by atoms with Crippen LogP contribution in [0.5, 0.6) is 0 Å². The smallest absolute Gasteiger partial charge is 0.333 e. The Morgan fingerprint density at radius 3 is 1.96 bits per heavy atom. The maximum atomic E-state index is 12.6. The van der Waals surface area contributed by atoms with Crippen LogP contribution < -0.4 is 17.2 Å². The molecule has 0 unspecified atom stereocenters. The quantitative estimate of drug-likeness (QED) is 0.116. The number of nitrogens with two attached hydrogens (primary N) is 3. The normalized spacial score (nSPS) is 13.0. The Morgan fingerprint density at radius 1 is 0.889 bits per heavy atom. The third-order valence-corrected chi connectivity index (χ3v) is 4.67. The fraction of sp³-hybridized carbons (Fsp3) is 0.850. The van der Waals surface area contributed by atoms with Crippen LogP contribution >= 0.6 is 0 Å². The Balaban J connectivity index is 4.30. The molecule has 0 radical (unpaired) electrons. The van der Waals surface area contributed by atoms with E-state index in [0.717, 1.165) is 19.3 Å². The van der Waals surface area contributed by atoms with Crippen molar-refractivity contribution in [3.8, 4) is 0 Å². The minimum atomic E-state index is -1.60. The molecule has 0 saturated heterocycles. The van der Waals surface area contributed by atoms with Gasteiger partial charge in [0, 0.05) is 13.0 Å². The first-order valence-electron chi connectivity index (χ1n) is 10.4. The highest BCUT2D eigenvalue weighted by Gasteiger charge is 2.41. The molecule has 0 aliphatic heterocycles. The van der Waals surface area contributed by atoms with Crippen LogP contribution in [0.2, 0.25) is 0 Å². The monoisotopic (exact) mass is 384 g/mol. The molecular formula is C20H40N4O3. The molecule has 0 aromatic carbocycles. The molecule has 0 heterocycles. The number of ether oxygens (including phenoxy) is 1. The molecular weight excluding hydrogens is 344 g/mol. The zero-order valence-electron chi connectivity index (χ0n) is 17.3. The van der Waals surface area contributed by atoms with Crippen molar-refractivity contribution in [2.75, 3.05) is 13.2 Å². The molecule has 158 valence electrons. The highest BCUT2D eigenvalue weighted by molar-refractivity contribution is 6.08. The molecule has 0 aliphatic carbocycles. The van der Waals surface area contributed by atoms with Crippen molar-refractivity contribution in [3.05, 3.63) is 0 Å². The Labute approximate surface area is 164 Å². The highest BCUT2D eigenvalue weighted by Crippen LogP contribution is 2.19. The van der Waals surface area contributed by atoms with E-state index in [4.69, 9.17) is 21.9 Å². The molecule has 0 amide bonds. The molecule has 0 aliphatic rings. The fourth-order valence-electron chi connectivity index (χ4n) is 3.00. The molecule has 0 bridgehead atoms. The average Bonchev–Trinajstić information content (AvgIpc) is 2.63. The Hall–Kier alpha value is -1.63. The van der Waals surface area contributed by atoms with Crippen LogP contribution in [0, 0.1) is 0 Å². The van der Waals surface area contributed by atoms with E-state index >= 15 is 0 Å². The number of Topliss-reactive ketones (excluding diaryl/α,β-unsaturated/α-hetero) is 1. The van der Waals surface area contributed by atoms with Crippen molar-refractivity contribution >= 4 is 17.7 Å². The lowest BCUT2D eigenvalue weighted by Gasteiger charge is -2.25. The predicted molar refractivity (Wildman–Crippen MR) is 110 cm³/mol. The molecule has 1 atom stereocenters. The SMILES string of the molecule is CCCCCCCCCCCC(=O)[C@](N)(CCCN=C(N)N)C(=O)OCC. The Bertz CT molecular complexity index is 451. The minimum absolute atomic E-state index is 0.0187. The van der Waals surface area contributed by atoms with E-state index in [2.05, 4.69) is 11.9 Å². The summed E-state index contributed by atoms with van der Waals surface area (Å²) in [5, 5.41) is 0. The topological polar surface area (TPSA) is 134 Å². The minimum Gasteiger partial charge on any atom is -0.464 e. The summed E-state index contributed by atoms with van der Waals surface area (Å²) < 4.78 is 5.03. The van der Waals surface area contributed by atoms with Crippen LogP contribution in [0.15, 0.2) is 4.99 Å².